The Hall–Kier alpha value is -2.74. The maximum atomic E-state index is 13.1. The average Bonchev–Trinajstić information content (AvgIpc) is 3.31. The van der Waals surface area contributed by atoms with Gasteiger partial charge in [-0.2, -0.15) is 8.78 Å². The van der Waals surface area contributed by atoms with Gasteiger partial charge in [-0.25, -0.2) is 13.2 Å². The number of aryl methyl sites for hydroxylation is 1. The molecule has 1 aliphatic heterocycles. The minimum Gasteiger partial charge on any atom is -0.460 e. The van der Waals surface area contributed by atoms with E-state index in [0.29, 0.717) is 0 Å². The van der Waals surface area contributed by atoms with Crippen molar-refractivity contribution in [3.8, 4) is 0 Å². The fourth-order valence-electron chi connectivity index (χ4n) is 3.86. The molecule has 2 heterocycles. The number of azo groups is 1. The molecule has 198 valence electrons. The first-order valence-electron chi connectivity index (χ1n) is 11.7. The molecule has 0 atom stereocenters. The lowest BCUT2D eigenvalue weighted by atomic mass is 9.97. The van der Waals surface area contributed by atoms with Crippen LogP contribution < -0.4 is 9.62 Å². The maximum absolute atomic E-state index is 13.1. The van der Waals surface area contributed by atoms with Gasteiger partial charge < -0.3 is 9.64 Å². The topological polar surface area (TPSA) is 126 Å². The number of alkyl halides is 2. The first-order chi connectivity index (χ1) is 17.1. The largest absolute Gasteiger partial charge is 0.460 e. The molecular weight excluding hydrogens is 514 g/mol. The van der Waals surface area contributed by atoms with Crippen LogP contribution in [0, 0.1) is 5.92 Å². The summed E-state index contributed by atoms with van der Waals surface area (Å²) < 4.78 is 57.4. The lowest BCUT2D eigenvalue weighted by Gasteiger charge is -2.38. The van der Waals surface area contributed by atoms with Crippen LogP contribution in [0.25, 0.3) is 0 Å². The number of carbonyl (C=O) groups excluding carboxylic acids is 1. The predicted octanol–water partition coefficient (Wildman–Crippen LogP) is 5.67. The zero-order valence-corrected chi connectivity index (χ0v) is 22.2. The molecule has 1 aromatic carbocycles. The number of anilines is 2. The molecule has 2 aromatic rings. The number of nitrogens with one attached hydrogen (secondary N) is 1. The number of ether oxygens (including phenoxy) is 1. The van der Waals surface area contributed by atoms with Crippen molar-refractivity contribution in [2.75, 3.05) is 22.8 Å². The number of rotatable bonds is 11. The van der Waals surface area contributed by atoms with Crippen LogP contribution in [0.3, 0.4) is 0 Å². The van der Waals surface area contributed by atoms with Gasteiger partial charge >= 0.3 is 11.7 Å². The van der Waals surface area contributed by atoms with E-state index in [1.54, 1.807) is 6.07 Å². The molecule has 0 fully saturated rings. The number of halogens is 2. The summed E-state index contributed by atoms with van der Waals surface area (Å²) in [5.74, 6) is -4.10. The number of benzene rings is 1. The highest BCUT2D eigenvalue weighted by Crippen LogP contribution is 2.40. The van der Waals surface area contributed by atoms with Crippen LogP contribution in [0.2, 0.25) is 0 Å². The molecule has 0 aliphatic carbocycles. The number of carbonyl (C=O) groups is 1. The number of esters is 1. The third kappa shape index (κ3) is 6.72. The second-order valence-electron chi connectivity index (χ2n) is 8.76. The predicted molar refractivity (Wildman–Crippen MR) is 134 cm³/mol. The Kier molecular flexibility index (Phi) is 9.28. The summed E-state index contributed by atoms with van der Waals surface area (Å²) in [4.78, 5) is 14.2. The van der Waals surface area contributed by atoms with Crippen LogP contribution in [-0.4, -0.2) is 49.5 Å². The summed E-state index contributed by atoms with van der Waals surface area (Å²) >= 11 is 0.851. The summed E-state index contributed by atoms with van der Waals surface area (Å²) in [6.45, 7) is 8.94. The van der Waals surface area contributed by atoms with Crippen LogP contribution in [0.5, 0.6) is 0 Å². The molecule has 0 saturated heterocycles. The van der Waals surface area contributed by atoms with Gasteiger partial charge in [-0.05, 0) is 49.3 Å². The molecule has 0 bridgehead atoms. The van der Waals surface area contributed by atoms with Gasteiger partial charge in [0.15, 0.2) is 0 Å². The van der Waals surface area contributed by atoms with Crippen molar-refractivity contribution in [1.29, 1.82) is 0 Å². The number of nitrogens with zero attached hydrogens (tertiary/aromatic N) is 5. The number of sulfonamides is 1. The molecule has 1 aromatic heterocycles. The van der Waals surface area contributed by atoms with Gasteiger partial charge in [0.05, 0.1) is 12.3 Å². The van der Waals surface area contributed by atoms with Crippen molar-refractivity contribution in [2.45, 2.75) is 65.2 Å². The highest BCUT2D eigenvalue weighted by atomic mass is 32.2. The van der Waals surface area contributed by atoms with E-state index in [1.807, 2.05) is 18.6 Å². The first-order valence-corrected chi connectivity index (χ1v) is 14.1. The van der Waals surface area contributed by atoms with E-state index in [-0.39, 0.29) is 40.1 Å². The molecule has 0 unspecified atom stereocenters. The lowest BCUT2D eigenvalue weighted by Crippen LogP contribution is -2.38. The standard InChI is InChI=1S/C22H30F2N6O4S2/c1-5-15(6-2)30-9-7-8-14-10-16(17(11-18(14)30)29-36(32,33)21(23)24)25-27-22-28-26-19(35-22)20(31)34-12-13(3)4/h10-11,13,15,21,29H,5-9,12H2,1-4H3. The average molecular weight is 545 g/mol. The summed E-state index contributed by atoms with van der Waals surface area (Å²) in [6, 6.07) is 3.41. The van der Waals surface area contributed by atoms with E-state index in [4.69, 9.17) is 4.74 Å². The molecule has 10 nitrogen and oxygen atoms in total. The number of hydrogen-bond donors (Lipinski definition) is 1. The van der Waals surface area contributed by atoms with Crippen molar-refractivity contribution >= 4 is 49.5 Å². The van der Waals surface area contributed by atoms with Gasteiger partial charge in [-0.15, -0.1) is 20.4 Å². The van der Waals surface area contributed by atoms with Crippen LogP contribution >= 0.6 is 11.3 Å². The van der Waals surface area contributed by atoms with Crippen LogP contribution in [0.4, 0.5) is 31.0 Å². The van der Waals surface area contributed by atoms with E-state index >= 15 is 0 Å². The quantitative estimate of drug-likeness (QED) is 0.285. The van der Waals surface area contributed by atoms with E-state index in [0.717, 1.165) is 54.8 Å². The normalized spacial score (nSPS) is 14.2. The lowest BCUT2D eigenvalue weighted by molar-refractivity contribution is 0.0457. The molecule has 36 heavy (non-hydrogen) atoms. The third-order valence-corrected chi connectivity index (χ3v) is 7.36. The zero-order valence-electron chi connectivity index (χ0n) is 20.6. The van der Waals surface area contributed by atoms with Gasteiger partial charge in [-0.3, -0.25) is 4.72 Å². The molecule has 3 rings (SSSR count). The van der Waals surface area contributed by atoms with Gasteiger partial charge in [0.2, 0.25) is 5.01 Å². The monoisotopic (exact) mass is 544 g/mol. The van der Waals surface area contributed by atoms with Gasteiger partial charge in [0.25, 0.3) is 15.2 Å². The molecule has 14 heteroatoms. The Morgan fingerprint density at radius 2 is 1.94 bits per heavy atom. The van der Waals surface area contributed by atoms with Crippen molar-refractivity contribution < 1.29 is 26.7 Å². The fourth-order valence-corrected chi connectivity index (χ4v) is 4.98. The highest BCUT2D eigenvalue weighted by molar-refractivity contribution is 7.93. The van der Waals surface area contributed by atoms with E-state index in [2.05, 4.69) is 39.2 Å². The molecule has 0 saturated carbocycles. The molecule has 1 aliphatic rings. The van der Waals surface area contributed by atoms with Crippen LogP contribution in [0.1, 0.15) is 62.3 Å². The van der Waals surface area contributed by atoms with E-state index in [1.165, 1.54) is 6.07 Å². The number of fused-ring (bicyclic) bond motifs is 1. The van der Waals surface area contributed by atoms with E-state index < -0.39 is 21.8 Å². The smallest absolute Gasteiger partial charge is 0.369 e. The van der Waals surface area contributed by atoms with Crippen molar-refractivity contribution in [1.82, 2.24) is 10.2 Å². The SMILES string of the molecule is CCC(CC)N1CCCc2cc(N=Nc3nnc(C(=O)OCC(C)C)s3)c(NS(=O)(=O)C(F)F)cc21. The number of hydrogen-bond acceptors (Lipinski definition) is 10. The summed E-state index contributed by atoms with van der Waals surface area (Å²) in [5, 5.41) is 15.6. The molecule has 1 N–H and O–H groups in total. The molecular formula is C22H30F2N6O4S2. The van der Waals surface area contributed by atoms with Gasteiger partial charge in [0.1, 0.15) is 5.69 Å². The van der Waals surface area contributed by atoms with Crippen LogP contribution in [0.15, 0.2) is 22.4 Å². The van der Waals surface area contributed by atoms with Gasteiger partial charge in [0, 0.05) is 18.3 Å². The molecule has 0 radical (unpaired) electrons. The van der Waals surface area contributed by atoms with Gasteiger partial charge in [-0.1, -0.05) is 39.0 Å². The Bertz CT molecular complexity index is 1200. The zero-order chi connectivity index (χ0) is 26.5. The maximum Gasteiger partial charge on any atom is 0.369 e. The van der Waals surface area contributed by atoms with Crippen molar-refractivity contribution in [3.63, 3.8) is 0 Å². The Morgan fingerprint density at radius 3 is 2.58 bits per heavy atom. The van der Waals surface area contributed by atoms with E-state index in [9.17, 15) is 22.0 Å². The Morgan fingerprint density at radius 1 is 1.22 bits per heavy atom. The molecule has 0 spiro atoms. The van der Waals surface area contributed by atoms with Crippen molar-refractivity contribution in [3.05, 3.63) is 22.7 Å². The second-order valence-corrected chi connectivity index (χ2v) is 11.4. The number of aromatic nitrogens is 2. The molecule has 0 amide bonds. The second kappa shape index (κ2) is 12.0. The highest BCUT2D eigenvalue weighted by Gasteiger charge is 2.28. The summed E-state index contributed by atoms with van der Waals surface area (Å²) in [6.07, 6.45) is 3.38. The Labute approximate surface area is 213 Å². The fraction of sp³-hybridized carbons (Fsp3) is 0.591. The minimum absolute atomic E-state index is 0.00511. The Balaban J connectivity index is 1.96. The van der Waals surface area contributed by atoms with Crippen molar-refractivity contribution in [2.24, 2.45) is 16.1 Å². The third-order valence-electron chi connectivity index (χ3n) is 5.60. The van der Waals surface area contributed by atoms with Crippen LogP contribution in [-0.2, 0) is 21.2 Å². The minimum atomic E-state index is -4.94. The summed E-state index contributed by atoms with van der Waals surface area (Å²) in [7, 11) is -4.94. The first kappa shape index (κ1) is 27.8. The summed E-state index contributed by atoms with van der Waals surface area (Å²) in [5.41, 5.74) is 1.64.